The van der Waals surface area contributed by atoms with Gasteiger partial charge in [0.2, 0.25) is 0 Å². The van der Waals surface area contributed by atoms with Crippen LogP contribution in [-0.4, -0.2) is 28.5 Å². The number of hydrogen-bond donors (Lipinski definition) is 0. The molecule has 0 aromatic carbocycles. The zero-order valence-corrected chi connectivity index (χ0v) is 5.25. The monoisotopic (exact) mass is 158 g/mol. The van der Waals surface area contributed by atoms with Crippen molar-refractivity contribution in [3.63, 3.8) is 0 Å². The van der Waals surface area contributed by atoms with Gasteiger partial charge < -0.3 is 5.48 Å². The van der Waals surface area contributed by atoms with Gasteiger partial charge in [-0.1, -0.05) is 0 Å². The molecule has 0 rings (SSSR count). The second kappa shape index (κ2) is 22.0. The van der Waals surface area contributed by atoms with Crippen molar-refractivity contribution in [2.75, 3.05) is 0 Å². The number of hydrogen-bond acceptors (Lipinski definition) is 1. The Balaban J connectivity index is 0. The zero-order valence-electron chi connectivity index (χ0n) is 1.80. The van der Waals surface area contributed by atoms with Crippen molar-refractivity contribution in [3.8, 4) is 0 Å². The van der Waals surface area contributed by atoms with Crippen molar-refractivity contribution in [2.45, 2.75) is 0 Å². The SMILES string of the molecule is [Co+2].[Mg+2].[Ni+2].[OH-]. The molecule has 0 fully saturated rings. The van der Waals surface area contributed by atoms with Crippen LogP contribution in [0.2, 0.25) is 0 Å². The predicted molar refractivity (Wildman–Crippen MR) is 7.69 cm³/mol. The second-order valence-electron chi connectivity index (χ2n) is 0. The third kappa shape index (κ3) is 9.29. The first-order chi connectivity index (χ1) is 0. The Kier molecular flexibility index (Phi) is 236. The van der Waals surface area contributed by atoms with Gasteiger partial charge in [0.05, 0.1) is 0 Å². The molecule has 1 N–H and O–H groups in total. The van der Waals surface area contributed by atoms with Gasteiger partial charge in [-0.25, -0.2) is 0 Å². The molecule has 4 heteroatoms. The maximum absolute atomic E-state index is 0. The molecule has 0 bridgehead atoms. The van der Waals surface area contributed by atoms with Gasteiger partial charge in [0.1, 0.15) is 0 Å². The molecule has 0 amide bonds. The Labute approximate surface area is 61.5 Å². The molecule has 0 aliphatic carbocycles. The Bertz CT molecular complexity index is 8.00. The van der Waals surface area contributed by atoms with Crippen molar-refractivity contribution in [1.29, 1.82) is 0 Å². The summed E-state index contributed by atoms with van der Waals surface area (Å²) in [5, 5.41) is 0. The normalized spacial score (nSPS) is 0. The fraction of sp³-hybridized carbons (Fsp3) is 0. The third-order valence-corrected chi connectivity index (χ3v) is 0. The van der Waals surface area contributed by atoms with Crippen molar-refractivity contribution in [2.24, 2.45) is 0 Å². The molecule has 0 saturated heterocycles. The third-order valence-electron chi connectivity index (χ3n) is 0. The first kappa shape index (κ1) is 42.9. The zero-order chi connectivity index (χ0) is 0. The van der Waals surface area contributed by atoms with E-state index in [-0.39, 0.29) is 61.8 Å². The molecule has 0 aliphatic heterocycles. The van der Waals surface area contributed by atoms with Gasteiger partial charge >= 0.3 is 56.3 Å². The van der Waals surface area contributed by atoms with Gasteiger partial charge in [0.15, 0.2) is 0 Å². The summed E-state index contributed by atoms with van der Waals surface area (Å²) in [4.78, 5) is 0. The van der Waals surface area contributed by atoms with E-state index >= 15 is 0 Å². The predicted octanol–water partition coefficient (Wildman–Crippen LogP) is -0.563. The van der Waals surface area contributed by atoms with Gasteiger partial charge in [0.25, 0.3) is 0 Å². The minimum absolute atomic E-state index is 0. The van der Waals surface area contributed by atoms with Crippen LogP contribution in [0.1, 0.15) is 0 Å². The van der Waals surface area contributed by atoms with Crippen LogP contribution in [0.15, 0.2) is 0 Å². The van der Waals surface area contributed by atoms with Crippen LogP contribution in [0, 0.1) is 0 Å². The molecule has 0 heterocycles. The van der Waals surface area contributed by atoms with Crippen LogP contribution in [-0.2, 0) is 33.3 Å². The van der Waals surface area contributed by atoms with E-state index in [9.17, 15) is 0 Å². The van der Waals surface area contributed by atoms with E-state index in [1.807, 2.05) is 0 Å². The topological polar surface area (TPSA) is 30.0 Å². The Morgan fingerprint density at radius 2 is 1.00 bits per heavy atom. The summed E-state index contributed by atoms with van der Waals surface area (Å²) < 4.78 is 0. The van der Waals surface area contributed by atoms with Crippen LogP contribution in [0.5, 0.6) is 0 Å². The van der Waals surface area contributed by atoms with Crippen LogP contribution in [0.25, 0.3) is 0 Å². The molecule has 0 spiro atoms. The molecule has 4 heavy (non-hydrogen) atoms. The summed E-state index contributed by atoms with van der Waals surface area (Å²) in [5.41, 5.74) is 0. The molecular weight excluding hydrogens is 158 g/mol. The van der Waals surface area contributed by atoms with Crippen LogP contribution in [0.3, 0.4) is 0 Å². The maximum Gasteiger partial charge on any atom is 2.00 e. The van der Waals surface area contributed by atoms with E-state index in [1.165, 1.54) is 0 Å². The number of rotatable bonds is 0. The van der Waals surface area contributed by atoms with Crippen molar-refractivity contribution in [3.05, 3.63) is 0 Å². The standard InChI is InChI=1S/Co.Mg.Ni.H2O/h;;;1H2/q3*+2;/p-1. The smallest absolute Gasteiger partial charge is 0.870 e. The van der Waals surface area contributed by atoms with Crippen LogP contribution in [0.4, 0.5) is 0 Å². The average Bonchev–Trinajstić information content (AvgIpc) is 0. The summed E-state index contributed by atoms with van der Waals surface area (Å²) in [5.74, 6) is 0. The Hall–Kier alpha value is 1.73. The van der Waals surface area contributed by atoms with Gasteiger partial charge in [0, 0.05) is 0 Å². The largest absolute Gasteiger partial charge is 2.00 e. The quantitative estimate of drug-likeness (QED) is 0.435. The van der Waals surface area contributed by atoms with E-state index in [4.69, 9.17) is 0 Å². The Morgan fingerprint density at radius 1 is 1.00 bits per heavy atom. The molecule has 0 saturated carbocycles. The molecular formula is HCoMgNiO+5. The minimum Gasteiger partial charge on any atom is -0.870 e. The minimum atomic E-state index is 0. The van der Waals surface area contributed by atoms with Crippen molar-refractivity contribution >= 4 is 23.1 Å². The molecule has 0 unspecified atom stereocenters. The maximum atomic E-state index is 0. The van der Waals surface area contributed by atoms with E-state index in [1.54, 1.807) is 0 Å². The fourth-order valence-electron chi connectivity index (χ4n) is 0. The first-order valence-electron chi connectivity index (χ1n) is 0. The van der Waals surface area contributed by atoms with E-state index in [0.29, 0.717) is 0 Å². The fourth-order valence-corrected chi connectivity index (χ4v) is 0. The molecule has 0 aliphatic rings. The molecule has 0 atom stereocenters. The molecule has 1 radical (unpaired) electrons. The van der Waals surface area contributed by atoms with Gasteiger partial charge in [-0.3, -0.25) is 0 Å². The van der Waals surface area contributed by atoms with Crippen molar-refractivity contribution in [1.82, 2.24) is 0 Å². The molecule has 0 aromatic rings. The van der Waals surface area contributed by atoms with Gasteiger partial charge in [-0.2, -0.15) is 0 Å². The van der Waals surface area contributed by atoms with Crippen LogP contribution < -0.4 is 0 Å². The second-order valence-corrected chi connectivity index (χ2v) is 0. The average molecular weight is 159 g/mol. The molecule has 0 aromatic heterocycles. The molecule has 1 nitrogen and oxygen atoms in total. The van der Waals surface area contributed by atoms with Crippen LogP contribution >= 0.6 is 0 Å². The van der Waals surface area contributed by atoms with Gasteiger partial charge in [-0.15, -0.1) is 0 Å². The first-order valence-corrected chi connectivity index (χ1v) is 0. The Morgan fingerprint density at radius 3 is 1.00 bits per heavy atom. The van der Waals surface area contributed by atoms with E-state index in [2.05, 4.69) is 0 Å². The summed E-state index contributed by atoms with van der Waals surface area (Å²) in [6.45, 7) is 0. The van der Waals surface area contributed by atoms with Gasteiger partial charge in [-0.05, 0) is 0 Å². The van der Waals surface area contributed by atoms with E-state index < -0.39 is 0 Å². The summed E-state index contributed by atoms with van der Waals surface area (Å²) in [7, 11) is 0. The summed E-state index contributed by atoms with van der Waals surface area (Å²) in [6, 6.07) is 0. The summed E-state index contributed by atoms with van der Waals surface area (Å²) in [6.07, 6.45) is 0. The van der Waals surface area contributed by atoms with E-state index in [0.717, 1.165) is 0 Å². The van der Waals surface area contributed by atoms with Crippen molar-refractivity contribution < 1.29 is 38.7 Å². The molecule has 23 valence electrons. The summed E-state index contributed by atoms with van der Waals surface area (Å²) >= 11 is 0.